The minimum atomic E-state index is -0.620. The van der Waals surface area contributed by atoms with E-state index in [1.807, 2.05) is 46.9 Å². The molecule has 0 atom stereocenters. The molecule has 3 aromatic rings. The zero-order chi connectivity index (χ0) is 21.1. The third-order valence-electron chi connectivity index (χ3n) is 5.12. The Labute approximate surface area is 178 Å². The zero-order valence-electron chi connectivity index (χ0n) is 16.7. The summed E-state index contributed by atoms with van der Waals surface area (Å²) in [5, 5.41) is 0. The van der Waals surface area contributed by atoms with Gasteiger partial charge in [0, 0.05) is 29.7 Å². The van der Waals surface area contributed by atoms with Crippen molar-refractivity contribution in [1.82, 2.24) is 9.47 Å². The van der Waals surface area contributed by atoms with Crippen LogP contribution < -0.4 is 4.80 Å². The Bertz CT molecular complexity index is 1160. The topological polar surface area (TPSA) is 54.7 Å². The molecule has 0 N–H and O–H groups in total. The van der Waals surface area contributed by atoms with Crippen LogP contribution >= 0.6 is 11.3 Å². The van der Waals surface area contributed by atoms with Gasteiger partial charge in [-0.05, 0) is 43.5 Å². The number of halogens is 1. The Morgan fingerprint density at radius 1 is 1.03 bits per heavy atom. The van der Waals surface area contributed by atoms with Crippen molar-refractivity contribution < 1.29 is 14.0 Å². The number of benzene rings is 2. The predicted octanol–water partition coefficient (Wildman–Crippen LogP) is 4.02. The first kappa shape index (κ1) is 20.2. The monoisotopic (exact) mass is 423 g/mol. The van der Waals surface area contributed by atoms with Crippen molar-refractivity contribution >= 4 is 23.2 Å². The van der Waals surface area contributed by atoms with Crippen LogP contribution in [0.1, 0.15) is 44.0 Å². The minimum absolute atomic E-state index is 0.0385. The van der Waals surface area contributed by atoms with Gasteiger partial charge in [0.1, 0.15) is 5.82 Å². The van der Waals surface area contributed by atoms with Crippen LogP contribution in [0, 0.1) is 12.7 Å². The maximum absolute atomic E-state index is 14.0. The first-order valence-corrected chi connectivity index (χ1v) is 10.7. The fraction of sp³-hybridized carbons (Fsp3) is 0.261. The average molecular weight is 424 g/mol. The molecule has 30 heavy (non-hydrogen) atoms. The van der Waals surface area contributed by atoms with Gasteiger partial charge in [-0.1, -0.05) is 30.3 Å². The van der Waals surface area contributed by atoms with E-state index in [9.17, 15) is 14.0 Å². The van der Waals surface area contributed by atoms with E-state index in [1.165, 1.54) is 29.5 Å². The lowest BCUT2D eigenvalue weighted by molar-refractivity contribution is 0.0791. The molecule has 0 radical (unpaired) electrons. The number of hydrogen-bond donors (Lipinski definition) is 0. The molecule has 0 bridgehead atoms. The first-order valence-electron chi connectivity index (χ1n) is 9.90. The molecule has 7 heteroatoms. The third kappa shape index (κ3) is 4.26. The number of carbonyl (C=O) groups excluding carboxylic acids is 2. The third-order valence-corrected chi connectivity index (χ3v) is 6.05. The highest BCUT2D eigenvalue weighted by atomic mass is 32.1. The van der Waals surface area contributed by atoms with E-state index in [1.54, 1.807) is 6.07 Å². The van der Waals surface area contributed by atoms with Gasteiger partial charge in [0.2, 0.25) is 0 Å². The molecule has 1 aliphatic heterocycles. The number of carbonyl (C=O) groups is 2. The predicted molar refractivity (Wildman–Crippen MR) is 114 cm³/mol. The quantitative estimate of drug-likeness (QED) is 0.636. The van der Waals surface area contributed by atoms with Gasteiger partial charge in [-0.2, -0.15) is 4.99 Å². The molecular weight excluding hydrogens is 401 g/mol. The largest absolute Gasteiger partial charge is 0.339 e. The highest BCUT2D eigenvalue weighted by Crippen LogP contribution is 2.18. The Hall–Kier alpha value is -3.06. The summed E-state index contributed by atoms with van der Waals surface area (Å²) in [6, 6.07) is 13.4. The van der Waals surface area contributed by atoms with Crippen molar-refractivity contribution in [3.8, 4) is 0 Å². The standard InChI is InChI=1S/C23H22FN3O2S/c1-16-14-27(23(30-16)25-21(28)19-10-4-5-11-20(19)24)15-17-8-2-3-9-18(17)22(29)26-12-6-7-13-26/h2-5,8-11,14H,6-7,12-13,15H2,1H3. The van der Waals surface area contributed by atoms with Crippen LogP contribution in [-0.4, -0.2) is 34.4 Å². The normalized spacial score (nSPS) is 14.3. The number of amides is 2. The van der Waals surface area contributed by atoms with E-state index >= 15 is 0 Å². The van der Waals surface area contributed by atoms with Crippen LogP contribution in [0.4, 0.5) is 4.39 Å². The summed E-state index contributed by atoms with van der Waals surface area (Å²) in [4.78, 5) is 33.0. The van der Waals surface area contributed by atoms with E-state index in [4.69, 9.17) is 0 Å². The lowest BCUT2D eigenvalue weighted by atomic mass is 10.1. The molecule has 0 unspecified atom stereocenters. The molecule has 2 aromatic carbocycles. The fourth-order valence-electron chi connectivity index (χ4n) is 3.63. The molecule has 2 heterocycles. The smallest absolute Gasteiger partial charge is 0.282 e. The van der Waals surface area contributed by atoms with E-state index in [0.717, 1.165) is 36.4 Å². The van der Waals surface area contributed by atoms with E-state index in [-0.39, 0.29) is 11.5 Å². The van der Waals surface area contributed by atoms with Crippen LogP contribution in [0.25, 0.3) is 0 Å². The van der Waals surface area contributed by atoms with Crippen molar-refractivity contribution in [2.24, 2.45) is 4.99 Å². The summed E-state index contributed by atoms with van der Waals surface area (Å²) in [7, 11) is 0. The number of rotatable bonds is 4. The lowest BCUT2D eigenvalue weighted by Crippen LogP contribution is -2.29. The molecule has 1 fully saturated rings. The van der Waals surface area contributed by atoms with Gasteiger partial charge in [0.05, 0.1) is 12.1 Å². The molecule has 1 aromatic heterocycles. The molecule has 1 saturated heterocycles. The van der Waals surface area contributed by atoms with E-state index in [0.29, 0.717) is 16.9 Å². The van der Waals surface area contributed by atoms with Crippen molar-refractivity contribution in [3.05, 3.63) is 86.9 Å². The minimum Gasteiger partial charge on any atom is -0.339 e. The van der Waals surface area contributed by atoms with Crippen LogP contribution in [0.5, 0.6) is 0 Å². The summed E-state index contributed by atoms with van der Waals surface area (Å²) >= 11 is 1.36. The van der Waals surface area contributed by atoms with Crippen molar-refractivity contribution in [1.29, 1.82) is 0 Å². The molecule has 0 saturated carbocycles. The Kier molecular flexibility index (Phi) is 5.90. The Morgan fingerprint density at radius 3 is 2.43 bits per heavy atom. The fourth-order valence-corrected chi connectivity index (χ4v) is 4.46. The lowest BCUT2D eigenvalue weighted by Gasteiger charge is -2.18. The number of likely N-dealkylation sites (tertiary alicyclic amines) is 1. The van der Waals surface area contributed by atoms with E-state index in [2.05, 4.69) is 4.99 Å². The second kappa shape index (κ2) is 8.75. The molecule has 4 rings (SSSR count). The molecule has 0 spiro atoms. The van der Waals surface area contributed by atoms with Gasteiger partial charge in [-0.3, -0.25) is 9.59 Å². The van der Waals surface area contributed by atoms with Gasteiger partial charge in [-0.15, -0.1) is 11.3 Å². The maximum Gasteiger partial charge on any atom is 0.282 e. The molecule has 0 aliphatic carbocycles. The van der Waals surface area contributed by atoms with Gasteiger partial charge < -0.3 is 9.47 Å². The zero-order valence-corrected chi connectivity index (χ0v) is 17.5. The van der Waals surface area contributed by atoms with Gasteiger partial charge >= 0.3 is 0 Å². The van der Waals surface area contributed by atoms with Crippen LogP contribution in [0.15, 0.2) is 59.7 Å². The number of aryl methyl sites for hydroxylation is 1. The molecule has 154 valence electrons. The van der Waals surface area contributed by atoms with Gasteiger partial charge in [0.15, 0.2) is 4.80 Å². The van der Waals surface area contributed by atoms with Gasteiger partial charge in [0.25, 0.3) is 11.8 Å². The average Bonchev–Trinajstić information content (AvgIpc) is 3.38. The Morgan fingerprint density at radius 2 is 1.70 bits per heavy atom. The highest BCUT2D eigenvalue weighted by molar-refractivity contribution is 7.09. The van der Waals surface area contributed by atoms with Crippen molar-refractivity contribution in [3.63, 3.8) is 0 Å². The number of aromatic nitrogens is 1. The maximum atomic E-state index is 14.0. The summed E-state index contributed by atoms with van der Waals surface area (Å²) < 4.78 is 15.8. The molecular formula is C23H22FN3O2S. The second-order valence-corrected chi connectivity index (χ2v) is 8.52. The first-order chi connectivity index (χ1) is 14.5. The van der Waals surface area contributed by atoms with Crippen molar-refractivity contribution in [2.45, 2.75) is 26.3 Å². The highest BCUT2D eigenvalue weighted by Gasteiger charge is 2.21. The van der Waals surface area contributed by atoms with Crippen molar-refractivity contribution in [2.75, 3.05) is 13.1 Å². The number of thiazole rings is 1. The van der Waals surface area contributed by atoms with Crippen LogP contribution in [0.2, 0.25) is 0 Å². The van der Waals surface area contributed by atoms with Gasteiger partial charge in [-0.25, -0.2) is 4.39 Å². The van der Waals surface area contributed by atoms with E-state index < -0.39 is 11.7 Å². The summed E-state index contributed by atoms with van der Waals surface area (Å²) in [6.45, 7) is 3.91. The summed E-state index contributed by atoms with van der Waals surface area (Å²) in [5.74, 6) is -1.17. The SMILES string of the molecule is Cc1cn(Cc2ccccc2C(=O)N2CCCC2)c(=NC(=O)c2ccccc2F)s1. The molecule has 1 aliphatic rings. The Balaban J connectivity index is 1.67. The number of hydrogen-bond acceptors (Lipinski definition) is 3. The molecule has 2 amide bonds. The van der Waals surface area contributed by atoms with Crippen LogP contribution in [-0.2, 0) is 6.54 Å². The molecule has 5 nitrogen and oxygen atoms in total. The second-order valence-electron chi connectivity index (χ2n) is 7.31. The summed E-state index contributed by atoms with van der Waals surface area (Å²) in [5.41, 5.74) is 1.48. The summed E-state index contributed by atoms with van der Waals surface area (Å²) in [6.07, 6.45) is 3.97. The van der Waals surface area contributed by atoms with Crippen LogP contribution in [0.3, 0.4) is 0 Å². The number of nitrogens with zero attached hydrogens (tertiary/aromatic N) is 3.